The van der Waals surface area contributed by atoms with Gasteiger partial charge in [0.1, 0.15) is 11.5 Å². The van der Waals surface area contributed by atoms with Gasteiger partial charge >= 0.3 is 0 Å². The van der Waals surface area contributed by atoms with Crippen LogP contribution in [0.5, 0.6) is 0 Å². The molecule has 0 aliphatic heterocycles. The molecule has 0 spiro atoms. The van der Waals surface area contributed by atoms with E-state index in [2.05, 4.69) is 42.8 Å². The molecular formula is C16H22N8O. The van der Waals surface area contributed by atoms with Crippen LogP contribution in [0, 0.1) is 5.92 Å². The Morgan fingerprint density at radius 3 is 2.96 bits per heavy atom. The zero-order valence-corrected chi connectivity index (χ0v) is 14.3. The first kappa shape index (κ1) is 15.8. The Morgan fingerprint density at radius 2 is 2.20 bits per heavy atom. The van der Waals surface area contributed by atoms with Gasteiger partial charge in [0.05, 0.1) is 24.2 Å². The van der Waals surface area contributed by atoms with Crippen molar-refractivity contribution >= 4 is 28.6 Å². The summed E-state index contributed by atoms with van der Waals surface area (Å²) >= 11 is 0. The third-order valence-electron chi connectivity index (χ3n) is 4.58. The summed E-state index contributed by atoms with van der Waals surface area (Å²) in [5.41, 5.74) is 0.763. The molecule has 3 heterocycles. The number of rotatable bonds is 7. The zero-order valence-electron chi connectivity index (χ0n) is 14.3. The maximum atomic E-state index is 9.21. The van der Waals surface area contributed by atoms with Gasteiger partial charge in [-0.15, -0.1) is 5.10 Å². The highest BCUT2D eigenvalue weighted by Crippen LogP contribution is 2.34. The van der Waals surface area contributed by atoms with E-state index in [1.807, 2.05) is 19.2 Å². The van der Waals surface area contributed by atoms with E-state index in [9.17, 15) is 5.11 Å². The van der Waals surface area contributed by atoms with Crippen LogP contribution in [-0.2, 0) is 0 Å². The number of aliphatic hydroxyl groups excluding tert-OH is 1. The Bertz CT molecular complexity index is 868. The number of hydrogen-bond acceptors (Lipinski definition) is 7. The van der Waals surface area contributed by atoms with E-state index in [4.69, 9.17) is 0 Å². The van der Waals surface area contributed by atoms with Gasteiger partial charge in [-0.1, -0.05) is 5.21 Å². The fraction of sp³-hybridized carbons (Fsp3) is 0.500. The lowest BCUT2D eigenvalue weighted by Crippen LogP contribution is -2.18. The first-order chi connectivity index (χ1) is 12.1. The summed E-state index contributed by atoms with van der Waals surface area (Å²) in [6.45, 7) is 4.05. The van der Waals surface area contributed by atoms with Crippen LogP contribution in [0.25, 0.3) is 11.0 Å². The number of nitrogens with one attached hydrogen (secondary N) is 3. The molecule has 0 bridgehead atoms. The molecule has 1 aliphatic carbocycles. The van der Waals surface area contributed by atoms with Crippen molar-refractivity contribution in [2.45, 2.75) is 38.8 Å². The lowest BCUT2D eigenvalue weighted by atomic mass is 10.2. The largest absolute Gasteiger partial charge is 0.394 e. The van der Waals surface area contributed by atoms with Crippen LogP contribution in [0.1, 0.15) is 32.7 Å². The second-order valence-corrected chi connectivity index (χ2v) is 6.65. The first-order valence-corrected chi connectivity index (χ1v) is 8.55. The number of aromatic nitrogens is 6. The van der Waals surface area contributed by atoms with Crippen molar-refractivity contribution < 1.29 is 5.11 Å². The van der Waals surface area contributed by atoms with Crippen molar-refractivity contribution in [3.05, 3.63) is 18.5 Å². The number of hydrogen-bond donors (Lipinski definition) is 4. The normalized spacial score (nSPS) is 16.8. The number of aliphatic hydroxyl groups is 1. The van der Waals surface area contributed by atoms with Crippen LogP contribution in [0.4, 0.5) is 17.6 Å². The van der Waals surface area contributed by atoms with Crippen molar-refractivity contribution in [2.24, 2.45) is 5.92 Å². The molecule has 2 unspecified atom stereocenters. The Balaban J connectivity index is 1.59. The summed E-state index contributed by atoms with van der Waals surface area (Å²) in [7, 11) is 0. The van der Waals surface area contributed by atoms with Crippen molar-refractivity contribution in [2.75, 3.05) is 17.2 Å². The molecule has 9 heteroatoms. The summed E-state index contributed by atoms with van der Waals surface area (Å²) in [5.74, 6) is 2.51. The quantitative estimate of drug-likeness (QED) is 0.519. The van der Waals surface area contributed by atoms with Crippen molar-refractivity contribution in [1.82, 2.24) is 29.9 Å². The molecule has 1 fully saturated rings. The number of aromatic amines is 1. The predicted molar refractivity (Wildman–Crippen MR) is 94.8 cm³/mol. The molecule has 0 saturated heterocycles. The first-order valence-electron chi connectivity index (χ1n) is 8.55. The predicted octanol–water partition coefficient (Wildman–Crippen LogP) is 2.06. The highest BCUT2D eigenvalue weighted by molar-refractivity contribution is 5.88. The molecule has 0 radical (unpaired) electrons. The van der Waals surface area contributed by atoms with Crippen molar-refractivity contribution in [1.29, 1.82) is 0 Å². The van der Waals surface area contributed by atoms with E-state index in [1.54, 1.807) is 10.9 Å². The van der Waals surface area contributed by atoms with E-state index < -0.39 is 0 Å². The van der Waals surface area contributed by atoms with Crippen LogP contribution in [0.3, 0.4) is 0 Å². The molecule has 0 amide bonds. The summed E-state index contributed by atoms with van der Waals surface area (Å²) in [6, 6.07) is 2.22. The molecule has 4 rings (SSSR count). The van der Waals surface area contributed by atoms with Gasteiger partial charge < -0.3 is 20.7 Å². The Labute approximate surface area is 144 Å². The molecule has 1 saturated carbocycles. The van der Waals surface area contributed by atoms with Gasteiger partial charge in [0.2, 0.25) is 5.95 Å². The van der Waals surface area contributed by atoms with Gasteiger partial charge in [0.25, 0.3) is 0 Å². The van der Waals surface area contributed by atoms with Gasteiger partial charge in [-0.2, -0.15) is 9.97 Å². The monoisotopic (exact) mass is 342 g/mol. The van der Waals surface area contributed by atoms with Gasteiger partial charge in [-0.05, 0) is 38.7 Å². The number of fused-ring (bicyclic) bond motifs is 1. The molecule has 9 nitrogen and oxygen atoms in total. The molecular weight excluding hydrogens is 320 g/mol. The Morgan fingerprint density at radius 1 is 1.36 bits per heavy atom. The van der Waals surface area contributed by atoms with Gasteiger partial charge in [0, 0.05) is 12.2 Å². The number of nitrogens with zero attached hydrogens (tertiary/aromatic N) is 5. The van der Waals surface area contributed by atoms with E-state index in [-0.39, 0.29) is 12.6 Å². The maximum Gasteiger partial charge on any atom is 0.232 e. The second-order valence-electron chi connectivity index (χ2n) is 6.65. The second kappa shape index (κ2) is 6.32. The third-order valence-corrected chi connectivity index (χ3v) is 4.58. The fourth-order valence-corrected chi connectivity index (χ4v) is 2.78. The van der Waals surface area contributed by atoms with Crippen LogP contribution in [0.2, 0.25) is 0 Å². The van der Waals surface area contributed by atoms with E-state index in [0.29, 0.717) is 17.8 Å². The molecule has 1 aliphatic rings. The van der Waals surface area contributed by atoms with Crippen LogP contribution >= 0.6 is 0 Å². The Hall–Kier alpha value is -2.68. The van der Waals surface area contributed by atoms with Crippen molar-refractivity contribution in [3.8, 4) is 0 Å². The third kappa shape index (κ3) is 3.27. The van der Waals surface area contributed by atoms with Gasteiger partial charge in [-0.3, -0.25) is 0 Å². The minimum absolute atomic E-state index is 0.000851. The minimum atomic E-state index is -0.133. The highest BCUT2D eigenvalue weighted by Gasteiger charge is 2.28. The lowest BCUT2D eigenvalue weighted by Gasteiger charge is -2.15. The molecule has 25 heavy (non-hydrogen) atoms. The zero-order chi connectivity index (χ0) is 17.4. The molecule has 3 aromatic heterocycles. The highest BCUT2D eigenvalue weighted by atomic mass is 16.3. The topological polar surface area (TPSA) is 117 Å². The minimum Gasteiger partial charge on any atom is -0.394 e. The Kier molecular flexibility index (Phi) is 4.00. The van der Waals surface area contributed by atoms with Crippen LogP contribution in [0.15, 0.2) is 18.5 Å². The van der Waals surface area contributed by atoms with Crippen molar-refractivity contribution in [3.63, 3.8) is 0 Å². The summed E-state index contributed by atoms with van der Waals surface area (Å²) in [5, 5.41) is 24.8. The SMILES string of the molecule is CC(Nc1nc(Nc2cn(C(C)CO)nn2)nc2[nH]ccc12)C1CC1. The molecule has 3 aromatic rings. The van der Waals surface area contributed by atoms with Gasteiger partial charge in [-0.25, -0.2) is 4.68 Å². The molecule has 2 atom stereocenters. The smallest absolute Gasteiger partial charge is 0.232 e. The van der Waals surface area contributed by atoms with Crippen LogP contribution in [-0.4, -0.2) is 47.7 Å². The number of H-pyrrole nitrogens is 1. The van der Waals surface area contributed by atoms with E-state index in [0.717, 1.165) is 22.8 Å². The average Bonchev–Trinajstić information content (AvgIpc) is 3.18. The summed E-state index contributed by atoms with van der Waals surface area (Å²) in [6.07, 6.45) is 6.12. The maximum absolute atomic E-state index is 9.21. The lowest BCUT2D eigenvalue weighted by molar-refractivity contribution is 0.228. The standard InChI is InChI=1S/C16H22N8O/c1-9(8-25)24-7-13(22-23-24)19-16-20-14-12(5-6-17-14)15(21-16)18-10(2)11-3-4-11/h5-7,9-11,25H,3-4,8H2,1-2H3,(H3,17,18,19,20,21). The van der Waals surface area contributed by atoms with Gasteiger partial charge in [0.15, 0.2) is 5.82 Å². The average molecular weight is 342 g/mol. The summed E-state index contributed by atoms with van der Waals surface area (Å²) in [4.78, 5) is 12.2. The fourth-order valence-electron chi connectivity index (χ4n) is 2.78. The van der Waals surface area contributed by atoms with E-state index >= 15 is 0 Å². The molecule has 4 N–H and O–H groups in total. The summed E-state index contributed by atoms with van der Waals surface area (Å²) < 4.78 is 1.60. The molecule has 0 aromatic carbocycles. The van der Waals surface area contributed by atoms with E-state index in [1.165, 1.54) is 12.8 Å². The molecule has 132 valence electrons. The van der Waals surface area contributed by atoms with Crippen LogP contribution < -0.4 is 10.6 Å². The number of anilines is 3.